The van der Waals surface area contributed by atoms with E-state index in [-0.39, 0.29) is 6.04 Å². The van der Waals surface area contributed by atoms with E-state index in [9.17, 15) is 8.78 Å². The molecule has 3 nitrogen and oxygen atoms in total. The molecule has 0 radical (unpaired) electrons. The first kappa shape index (κ1) is 15.8. The molecule has 0 saturated carbocycles. The highest BCUT2D eigenvalue weighted by molar-refractivity contribution is 5.28. The monoisotopic (exact) mass is 310 g/mol. The minimum atomic E-state index is -0.704. The van der Waals surface area contributed by atoms with Gasteiger partial charge in [0.15, 0.2) is 11.6 Å². The number of aryl methyl sites for hydroxylation is 1. The van der Waals surface area contributed by atoms with Gasteiger partial charge in [-0.2, -0.15) is 0 Å². The summed E-state index contributed by atoms with van der Waals surface area (Å²) in [6, 6.07) is 3.42. The maximum atomic E-state index is 14.6. The van der Waals surface area contributed by atoms with Crippen molar-refractivity contribution in [2.75, 3.05) is 39.4 Å². The van der Waals surface area contributed by atoms with Gasteiger partial charge < -0.3 is 10.1 Å². The third-order valence-corrected chi connectivity index (χ3v) is 4.88. The van der Waals surface area contributed by atoms with Gasteiger partial charge in [-0.15, -0.1) is 0 Å². The molecule has 0 aromatic heterocycles. The molecule has 22 heavy (non-hydrogen) atoms. The average molecular weight is 310 g/mol. The predicted molar refractivity (Wildman–Crippen MR) is 81.8 cm³/mol. The number of hydrogen-bond donors (Lipinski definition) is 1. The SMILES string of the molecule is Cc1ccc([C@H](C2CCOCC2)N2CCNCC2)c(F)c1F. The summed E-state index contributed by atoms with van der Waals surface area (Å²) in [6.45, 7) is 6.57. The average Bonchev–Trinajstić information content (AvgIpc) is 2.57. The van der Waals surface area contributed by atoms with Gasteiger partial charge in [0.2, 0.25) is 0 Å². The molecule has 0 spiro atoms. The van der Waals surface area contributed by atoms with Crippen molar-refractivity contribution in [2.45, 2.75) is 25.8 Å². The fourth-order valence-corrected chi connectivity index (χ4v) is 3.63. The Bertz CT molecular complexity index is 494. The zero-order valence-electron chi connectivity index (χ0n) is 13.1. The van der Waals surface area contributed by atoms with Crippen molar-refractivity contribution in [3.05, 3.63) is 34.9 Å². The Kier molecular flexibility index (Phi) is 5.06. The lowest BCUT2D eigenvalue weighted by atomic mass is 9.85. The van der Waals surface area contributed by atoms with Crippen molar-refractivity contribution < 1.29 is 13.5 Å². The van der Waals surface area contributed by atoms with E-state index in [2.05, 4.69) is 10.2 Å². The van der Waals surface area contributed by atoms with Gasteiger partial charge >= 0.3 is 0 Å². The lowest BCUT2D eigenvalue weighted by Gasteiger charge is -2.41. The van der Waals surface area contributed by atoms with Crippen LogP contribution < -0.4 is 5.32 Å². The molecule has 0 bridgehead atoms. The minimum Gasteiger partial charge on any atom is -0.381 e. The van der Waals surface area contributed by atoms with E-state index >= 15 is 0 Å². The number of halogens is 2. The van der Waals surface area contributed by atoms with Crippen LogP contribution in [-0.4, -0.2) is 44.3 Å². The molecular weight excluding hydrogens is 286 g/mol. The first-order valence-corrected chi connectivity index (χ1v) is 8.15. The molecule has 2 heterocycles. The van der Waals surface area contributed by atoms with Crippen LogP contribution in [0.5, 0.6) is 0 Å². The highest BCUT2D eigenvalue weighted by Gasteiger charge is 2.33. The number of piperazine rings is 1. The second kappa shape index (κ2) is 7.02. The van der Waals surface area contributed by atoms with Crippen LogP contribution in [0.1, 0.15) is 30.0 Å². The van der Waals surface area contributed by atoms with Gasteiger partial charge in [0, 0.05) is 51.0 Å². The van der Waals surface area contributed by atoms with Gasteiger partial charge in [0.05, 0.1) is 0 Å². The fourth-order valence-electron chi connectivity index (χ4n) is 3.63. The predicted octanol–water partition coefficient (Wildman–Crippen LogP) is 2.65. The van der Waals surface area contributed by atoms with Crippen LogP contribution in [0, 0.1) is 24.5 Å². The second-order valence-electron chi connectivity index (χ2n) is 6.28. The third kappa shape index (κ3) is 3.16. The molecule has 2 fully saturated rings. The molecule has 0 amide bonds. The summed E-state index contributed by atoms with van der Waals surface area (Å²) >= 11 is 0. The fraction of sp³-hybridized carbons (Fsp3) is 0.647. The van der Waals surface area contributed by atoms with Gasteiger partial charge in [0.1, 0.15) is 0 Å². The Morgan fingerprint density at radius 2 is 1.82 bits per heavy atom. The van der Waals surface area contributed by atoms with E-state index in [4.69, 9.17) is 4.74 Å². The van der Waals surface area contributed by atoms with Crippen LogP contribution in [0.25, 0.3) is 0 Å². The Morgan fingerprint density at radius 3 is 2.50 bits per heavy atom. The molecule has 1 aromatic carbocycles. The molecule has 1 aromatic rings. The summed E-state index contributed by atoms with van der Waals surface area (Å²) < 4.78 is 34.1. The van der Waals surface area contributed by atoms with E-state index in [1.54, 1.807) is 19.1 Å². The minimum absolute atomic E-state index is 0.0545. The second-order valence-corrected chi connectivity index (χ2v) is 6.28. The number of rotatable bonds is 3. The van der Waals surface area contributed by atoms with E-state index in [0.29, 0.717) is 30.3 Å². The van der Waals surface area contributed by atoms with Crippen LogP contribution in [0.3, 0.4) is 0 Å². The molecule has 5 heteroatoms. The van der Waals surface area contributed by atoms with Crippen molar-refractivity contribution >= 4 is 0 Å². The lowest BCUT2D eigenvalue weighted by molar-refractivity contribution is 0.0201. The van der Waals surface area contributed by atoms with Crippen LogP contribution >= 0.6 is 0 Å². The number of hydrogen-bond acceptors (Lipinski definition) is 3. The smallest absolute Gasteiger partial charge is 0.163 e. The van der Waals surface area contributed by atoms with Gasteiger partial charge in [-0.25, -0.2) is 8.78 Å². The van der Waals surface area contributed by atoms with Crippen LogP contribution in [0.2, 0.25) is 0 Å². The molecule has 0 aliphatic carbocycles. The standard InChI is InChI=1S/C17H24F2N2O/c1-12-2-3-14(16(19)15(12)18)17(13-4-10-22-11-5-13)21-8-6-20-7-9-21/h2-3,13,17,20H,4-11H2,1H3/t17-/m0/s1. The summed E-state index contributed by atoms with van der Waals surface area (Å²) in [5.74, 6) is -1.05. The maximum absolute atomic E-state index is 14.6. The molecule has 1 N–H and O–H groups in total. The molecular formula is C17H24F2N2O. The zero-order chi connectivity index (χ0) is 15.5. The summed E-state index contributed by atoms with van der Waals surface area (Å²) in [5, 5.41) is 3.32. The van der Waals surface area contributed by atoms with Crippen molar-refractivity contribution in [3.63, 3.8) is 0 Å². The van der Waals surface area contributed by atoms with Crippen molar-refractivity contribution in [2.24, 2.45) is 5.92 Å². The molecule has 122 valence electrons. The molecule has 2 aliphatic rings. The Hall–Kier alpha value is -1.04. The topological polar surface area (TPSA) is 24.5 Å². The highest BCUT2D eigenvalue weighted by atomic mass is 19.2. The molecule has 2 aliphatic heterocycles. The van der Waals surface area contributed by atoms with Gasteiger partial charge in [0.25, 0.3) is 0 Å². The van der Waals surface area contributed by atoms with Crippen LogP contribution in [-0.2, 0) is 4.74 Å². The first-order valence-electron chi connectivity index (χ1n) is 8.15. The van der Waals surface area contributed by atoms with E-state index in [1.807, 2.05) is 0 Å². The molecule has 0 unspecified atom stereocenters. The lowest BCUT2D eigenvalue weighted by Crippen LogP contribution is -2.47. The van der Waals surface area contributed by atoms with Gasteiger partial charge in [-0.3, -0.25) is 4.90 Å². The Balaban J connectivity index is 1.94. The van der Waals surface area contributed by atoms with Crippen molar-refractivity contribution in [1.29, 1.82) is 0 Å². The molecule has 2 saturated heterocycles. The first-order chi connectivity index (χ1) is 10.7. The molecule has 3 rings (SSSR count). The largest absolute Gasteiger partial charge is 0.381 e. The van der Waals surface area contributed by atoms with Crippen LogP contribution in [0.4, 0.5) is 8.78 Å². The van der Waals surface area contributed by atoms with Crippen molar-refractivity contribution in [3.8, 4) is 0 Å². The summed E-state index contributed by atoms with van der Waals surface area (Å²) in [7, 11) is 0. The van der Waals surface area contributed by atoms with E-state index in [0.717, 1.165) is 39.0 Å². The van der Waals surface area contributed by atoms with E-state index in [1.165, 1.54) is 0 Å². The van der Waals surface area contributed by atoms with Gasteiger partial charge in [-0.1, -0.05) is 12.1 Å². The van der Waals surface area contributed by atoms with E-state index < -0.39 is 11.6 Å². The third-order valence-electron chi connectivity index (χ3n) is 4.88. The molecule has 1 atom stereocenters. The number of nitrogens with one attached hydrogen (secondary N) is 1. The normalized spacial score (nSPS) is 22.7. The number of ether oxygens (including phenoxy) is 1. The summed E-state index contributed by atoms with van der Waals surface area (Å²) in [5.41, 5.74) is 0.879. The zero-order valence-corrected chi connectivity index (χ0v) is 13.1. The Labute approximate surface area is 130 Å². The van der Waals surface area contributed by atoms with Crippen molar-refractivity contribution in [1.82, 2.24) is 10.2 Å². The van der Waals surface area contributed by atoms with Crippen LogP contribution in [0.15, 0.2) is 12.1 Å². The summed E-state index contributed by atoms with van der Waals surface area (Å²) in [4.78, 5) is 2.31. The maximum Gasteiger partial charge on any atom is 0.163 e. The number of nitrogens with zero attached hydrogens (tertiary/aromatic N) is 1. The summed E-state index contributed by atoms with van der Waals surface area (Å²) in [6.07, 6.45) is 1.81. The van der Waals surface area contributed by atoms with Gasteiger partial charge in [-0.05, 0) is 31.2 Å². The Morgan fingerprint density at radius 1 is 1.14 bits per heavy atom. The quantitative estimate of drug-likeness (QED) is 0.929. The number of benzene rings is 1. The highest BCUT2D eigenvalue weighted by Crippen LogP contribution is 2.37.